The maximum Gasteiger partial charge on any atom is 0.220 e. The van der Waals surface area contributed by atoms with Gasteiger partial charge in [-0.05, 0) is 43.6 Å². The summed E-state index contributed by atoms with van der Waals surface area (Å²) in [4.78, 5) is 3.76. The van der Waals surface area contributed by atoms with Gasteiger partial charge in [0.25, 0.3) is 0 Å². The monoisotopic (exact) mass is 267 g/mol. The number of ether oxygens (including phenoxy) is 1. The Hall–Kier alpha value is -1.12. The van der Waals surface area contributed by atoms with E-state index in [2.05, 4.69) is 11.9 Å². The summed E-state index contributed by atoms with van der Waals surface area (Å²) >= 11 is 0. The molecule has 0 aromatic carbocycles. The molecule has 0 aliphatic heterocycles. The van der Waals surface area contributed by atoms with E-state index in [1.54, 1.807) is 13.2 Å². The lowest BCUT2D eigenvalue weighted by Gasteiger charge is -2.28. The maximum atomic E-state index is 13.8. The summed E-state index contributed by atoms with van der Waals surface area (Å²) in [5.41, 5.74) is 0.685. The number of pyridine rings is 1. The Balaban J connectivity index is 0.000000861. The zero-order chi connectivity index (χ0) is 14.3. The van der Waals surface area contributed by atoms with Gasteiger partial charge >= 0.3 is 0 Å². The first-order valence-electron chi connectivity index (χ1n) is 7.44. The molecule has 108 valence electrons. The van der Waals surface area contributed by atoms with Crippen molar-refractivity contribution in [2.24, 2.45) is 5.92 Å². The summed E-state index contributed by atoms with van der Waals surface area (Å²) in [5, 5.41) is 0. The Kier molecular flexibility index (Phi) is 6.82. The molecule has 1 aliphatic carbocycles. The molecule has 2 rings (SSSR count). The average Bonchev–Trinajstić information content (AvgIpc) is 2.49. The molecule has 0 atom stereocenters. The standard InChI is InChI=1S/C14H20FNO.C2H6/c1-3-10-4-6-11(7-5-10)13-12(17-2)8-9-16-14(13)15;1-2/h8-11H,3-7H2,1-2H3;1-2H3. The SMILES string of the molecule is CC.CCC1CCC(c2c(OC)ccnc2F)CC1. The number of nitrogens with zero attached hydrogens (tertiary/aromatic N) is 1. The number of aromatic nitrogens is 1. The molecule has 1 saturated carbocycles. The second-order valence-electron chi connectivity index (χ2n) is 4.84. The average molecular weight is 267 g/mol. The first-order valence-corrected chi connectivity index (χ1v) is 7.44. The van der Waals surface area contributed by atoms with Crippen LogP contribution in [0.1, 0.15) is 64.4 Å². The van der Waals surface area contributed by atoms with Gasteiger partial charge in [0, 0.05) is 6.20 Å². The van der Waals surface area contributed by atoms with Crippen molar-refractivity contribution in [2.75, 3.05) is 7.11 Å². The first-order chi connectivity index (χ1) is 9.26. The van der Waals surface area contributed by atoms with Gasteiger partial charge < -0.3 is 4.74 Å². The highest BCUT2D eigenvalue weighted by atomic mass is 19.1. The Bertz CT molecular complexity index is 373. The van der Waals surface area contributed by atoms with Crippen LogP contribution in [-0.2, 0) is 0 Å². The number of rotatable bonds is 3. The zero-order valence-corrected chi connectivity index (χ0v) is 12.6. The van der Waals surface area contributed by atoms with Gasteiger partial charge in [-0.2, -0.15) is 4.39 Å². The first kappa shape index (κ1) is 15.9. The van der Waals surface area contributed by atoms with E-state index in [0.717, 1.165) is 18.8 Å². The van der Waals surface area contributed by atoms with Crippen LogP contribution < -0.4 is 4.74 Å². The Labute approximate surface area is 116 Å². The van der Waals surface area contributed by atoms with Crippen molar-refractivity contribution >= 4 is 0 Å². The van der Waals surface area contributed by atoms with Crippen molar-refractivity contribution in [1.82, 2.24) is 4.98 Å². The van der Waals surface area contributed by atoms with Crippen molar-refractivity contribution in [1.29, 1.82) is 0 Å². The third-order valence-electron chi connectivity index (χ3n) is 3.95. The maximum absolute atomic E-state index is 13.8. The van der Waals surface area contributed by atoms with Crippen LogP contribution in [0.25, 0.3) is 0 Å². The molecule has 1 aromatic heterocycles. The van der Waals surface area contributed by atoms with Crippen molar-refractivity contribution in [3.8, 4) is 5.75 Å². The Morgan fingerprint density at radius 3 is 2.42 bits per heavy atom. The third-order valence-corrected chi connectivity index (χ3v) is 3.95. The van der Waals surface area contributed by atoms with Crippen LogP contribution in [0.4, 0.5) is 4.39 Å². The van der Waals surface area contributed by atoms with Gasteiger partial charge in [-0.15, -0.1) is 0 Å². The van der Waals surface area contributed by atoms with Gasteiger partial charge in [0.2, 0.25) is 5.95 Å². The zero-order valence-electron chi connectivity index (χ0n) is 12.6. The lowest BCUT2D eigenvalue weighted by molar-refractivity contribution is 0.304. The van der Waals surface area contributed by atoms with Crippen LogP contribution in [0.2, 0.25) is 0 Å². The van der Waals surface area contributed by atoms with Crippen LogP contribution in [0.15, 0.2) is 12.3 Å². The molecule has 2 nitrogen and oxygen atoms in total. The van der Waals surface area contributed by atoms with Crippen LogP contribution >= 0.6 is 0 Å². The van der Waals surface area contributed by atoms with E-state index < -0.39 is 0 Å². The van der Waals surface area contributed by atoms with Crippen molar-refractivity contribution in [2.45, 2.75) is 58.8 Å². The molecule has 0 bridgehead atoms. The smallest absolute Gasteiger partial charge is 0.220 e. The summed E-state index contributed by atoms with van der Waals surface area (Å²) < 4.78 is 19.1. The van der Waals surface area contributed by atoms with E-state index in [-0.39, 0.29) is 11.9 Å². The van der Waals surface area contributed by atoms with Crippen molar-refractivity contribution in [3.05, 3.63) is 23.8 Å². The summed E-state index contributed by atoms with van der Waals surface area (Å²) in [6, 6.07) is 1.75. The second-order valence-corrected chi connectivity index (χ2v) is 4.84. The van der Waals surface area contributed by atoms with Crippen LogP contribution in [0.5, 0.6) is 5.75 Å². The molecule has 0 spiro atoms. The molecular weight excluding hydrogens is 241 g/mol. The fourth-order valence-electron chi connectivity index (χ4n) is 2.84. The molecular formula is C16H26FNO. The van der Waals surface area contributed by atoms with Crippen molar-refractivity contribution < 1.29 is 9.13 Å². The van der Waals surface area contributed by atoms with Crippen LogP contribution in [0, 0.1) is 11.9 Å². The van der Waals surface area contributed by atoms with Crippen molar-refractivity contribution in [3.63, 3.8) is 0 Å². The van der Waals surface area contributed by atoms with E-state index in [9.17, 15) is 4.39 Å². The number of hydrogen-bond donors (Lipinski definition) is 0. The molecule has 0 amide bonds. The molecule has 1 aliphatic rings. The van der Waals surface area contributed by atoms with Crippen LogP contribution in [-0.4, -0.2) is 12.1 Å². The molecule has 3 heteroatoms. The highest BCUT2D eigenvalue weighted by molar-refractivity contribution is 5.34. The molecule has 19 heavy (non-hydrogen) atoms. The fraction of sp³-hybridized carbons (Fsp3) is 0.688. The summed E-state index contributed by atoms with van der Waals surface area (Å²) in [5.74, 6) is 1.39. The van der Waals surface area contributed by atoms with E-state index in [4.69, 9.17) is 4.74 Å². The fourth-order valence-corrected chi connectivity index (χ4v) is 2.84. The molecule has 1 fully saturated rings. The third kappa shape index (κ3) is 3.92. The molecule has 0 unspecified atom stereocenters. The van der Waals surface area contributed by atoms with Gasteiger partial charge in [-0.3, -0.25) is 0 Å². The number of hydrogen-bond acceptors (Lipinski definition) is 2. The summed E-state index contributed by atoms with van der Waals surface area (Å²) in [6.07, 6.45) is 7.20. The number of methoxy groups -OCH3 is 1. The topological polar surface area (TPSA) is 22.1 Å². The van der Waals surface area contributed by atoms with Crippen LogP contribution in [0.3, 0.4) is 0 Å². The lowest BCUT2D eigenvalue weighted by atomic mass is 9.78. The molecule has 1 aromatic rings. The molecule has 0 radical (unpaired) electrons. The molecule has 1 heterocycles. The van der Waals surface area contributed by atoms with Gasteiger partial charge in [0.05, 0.1) is 12.7 Å². The quantitative estimate of drug-likeness (QED) is 0.724. The van der Waals surface area contributed by atoms with E-state index in [1.807, 2.05) is 13.8 Å². The van der Waals surface area contributed by atoms with E-state index in [1.165, 1.54) is 25.5 Å². The summed E-state index contributed by atoms with van der Waals surface area (Å²) in [6.45, 7) is 6.23. The lowest BCUT2D eigenvalue weighted by Crippen LogP contribution is -2.15. The van der Waals surface area contributed by atoms with E-state index in [0.29, 0.717) is 11.3 Å². The minimum atomic E-state index is -0.357. The molecule has 0 saturated heterocycles. The highest BCUT2D eigenvalue weighted by Crippen LogP contribution is 2.40. The molecule has 0 N–H and O–H groups in total. The normalized spacial score (nSPS) is 22.4. The van der Waals surface area contributed by atoms with Gasteiger partial charge in [-0.25, -0.2) is 4.98 Å². The van der Waals surface area contributed by atoms with E-state index >= 15 is 0 Å². The minimum absolute atomic E-state index is 0.279. The predicted molar refractivity (Wildman–Crippen MR) is 77.1 cm³/mol. The van der Waals surface area contributed by atoms with Gasteiger partial charge in [0.15, 0.2) is 0 Å². The highest BCUT2D eigenvalue weighted by Gasteiger charge is 2.26. The largest absolute Gasteiger partial charge is 0.496 e. The number of halogens is 1. The Morgan fingerprint density at radius 2 is 1.89 bits per heavy atom. The minimum Gasteiger partial charge on any atom is -0.496 e. The second kappa shape index (κ2) is 8.13. The van der Waals surface area contributed by atoms with Gasteiger partial charge in [0.1, 0.15) is 5.75 Å². The summed E-state index contributed by atoms with van der Waals surface area (Å²) in [7, 11) is 1.59. The Morgan fingerprint density at radius 1 is 1.26 bits per heavy atom. The van der Waals surface area contributed by atoms with Gasteiger partial charge in [-0.1, -0.05) is 27.2 Å². The predicted octanol–water partition coefficient (Wildman–Crippen LogP) is 4.94.